The van der Waals surface area contributed by atoms with Crippen LogP contribution in [0.15, 0.2) is 54.6 Å². The lowest BCUT2D eigenvalue weighted by atomic mass is 10.1. The summed E-state index contributed by atoms with van der Waals surface area (Å²) in [4.78, 5) is 0.990. The van der Waals surface area contributed by atoms with Crippen molar-refractivity contribution in [2.75, 3.05) is 35.5 Å². The van der Waals surface area contributed by atoms with E-state index in [9.17, 15) is 0 Å². The number of benzene rings is 3. The molecule has 0 radical (unpaired) electrons. The highest BCUT2D eigenvalue weighted by Gasteiger charge is 2.20. The van der Waals surface area contributed by atoms with Gasteiger partial charge in [-0.25, -0.2) is 0 Å². The standard InChI is InChI=1S/C25H24O6S/c1-26-16-8-6-15(7-9-16)25-23(19-11-10-17(27-2)14-22(19)32-25)31-18-12-20(28-3)24(30-5)21(13-18)29-4/h6-14H,1-5H3. The van der Waals surface area contributed by atoms with Crippen LogP contribution < -0.4 is 28.4 Å². The van der Waals surface area contributed by atoms with Crippen LogP contribution in [0.5, 0.6) is 40.2 Å². The molecule has 4 rings (SSSR count). The first-order valence-electron chi connectivity index (χ1n) is 9.84. The topological polar surface area (TPSA) is 55.4 Å². The summed E-state index contributed by atoms with van der Waals surface area (Å²) >= 11 is 1.63. The van der Waals surface area contributed by atoms with Crippen LogP contribution >= 0.6 is 11.3 Å². The van der Waals surface area contributed by atoms with E-state index in [4.69, 9.17) is 28.4 Å². The van der Waals surface area contributed by atoms with Crippen LogP contribution in [0.3, 0.4) is 0 Å². The molecule has 0 N–H and O–H groups in total. The van der Waals surface area contributed by atoms with Crippen LogP contribution in [0.25, 0.3) is 20.5 Å². The minimum absolute atomic E-state index is 0.512. The Morgan fingerprint density at radius 3 is 1.75 bits per heavy atom. The maximum atomic E-state index is 6.45. The summed E-state index contributed by atoms with van der Waals surface area (Å²) in [5.41, 5.74) is 1.02. The lowest BCUT2D eigenvalue weighted by Crippen LogP contribution is -1.96. The van der Waals surface area contributed by atoms with Gasteiger partial charge in [-0.3, -0.25) is 0 Å². The molecule has 0 fully saturated rings. The van der Waals surface area contributed by atoms with Gasteiger partial charge in [-0.05, 0) is 48.0 Å². The Hall–Kier alpha value is -3.58. The first-order valence-corrected chi connectivity index (χ1v) is 10.7. The molecule has 1 aromatic heterocycles. The normalized spacial score (nSPS) is 10.7. The first-order chi connectivity index (χ1) is 15.6. The van der Waals surface area contributed by atoms with Gasteiger partial charge in [0.1, 0.15) is 17.2 Å². The monoisotopic (exact) mass is 452 g/mol. The zero-order valence-corrected chi connectivity index (χ0v) is 19.4. The third-order valence-corrected chi connectivity index (χ3v) is 6.24. The smallest absolute Gasteiger partial charge is 0.203 e. The molecule has 0 bridgehead atoms. The van der Waals surface area contributed by atoms with Crippen molar-refractivity contribution >= 4 is 21.4 Å². The molecule has 6 nitrogen and oxygen atoms in total. The average Bonchev–Trinajstić information content (AvgIpc) is 3.20. The molecular formula is C25H24O6S. The van der Waals surface area contributed by atoms with Gasteiger partial charge < -0.3 is 28.4 Å². The number of fused-ring (bicyclic) bond motifs is 1. The van der Waals surface area contributed by atoms with Crippen molar-refractivity contribution in [3.8, 4) is 50.7 Å². The zero-order valence-electron chi connectivity index (χ0n) is 18.6. The van der Waals surface area contributed by atoms with Crippen LogP contribution in [0.4, 0.5) is 0 Å². The molecule has 0 saturated heterocycles. The molecule has 4 aromatic rings. The van der Waals surface area contributed by atoms with Crippen molar-refractivity contribution in [1.29, 1.82) is 0 Å². The predicted octanol–water partition coefficient (Wildman–Crippen LogP) is 6.40. The van der Waals surface area contributed by atoms with Gasteiger partial charge in [0, 0.05) is 22.2 Å². The molecule has 7 heteroatoms. The molecule has 0 spiro atoms. The Morgan fingerprint density at radius 1 is 0.562 bits per heavy atom. The fourth-order valence-corrected chi connectivity index (χ4v) is 4.61. The lowest BCUT2D eigenvalue weighted by molar-refractivity contribution is 0.321. The molecular weight excluding hydrogens is 428 g/mol. The van der Waals surface area contributed by atoms with Gasteiger partial charge >= 0.3 is 0 Å². The summed E-state index contributed by atoms with van der Waals surface area (Å²) in [5.74, 6) is 4.46. The quantitative estimate of drug-likeness (QED) is 0.308. The van der Waals surface area contributed by atoms with Crippen molar-refractivity contribution in [1.82, 2.24) is 0 Å². The molecule has 0 saturated carbocycles. The molecule has 166 valence electrons. The Balaban J connectivity index is 1.87. The highest BCUT2D eigenvalue weighted by atomic mass is 32.1. The first kappa shape index (κ1) is 21.6. The second kappa shape index (κ2) is 9.28. The zero-order chi connectivity index (χ0) is 22.7. The van der Waals surface area contributed by atoms with Gasteiger partial charge in [0.2, 0.25) is 5.75 Å². The highest BCUT2D eigenvalue weighted by Crippen LogP contribution is 2.49. The van der Waals surface area contributed by atoms with Gasteiger partial charge in [-0.1, -0.05) is 0 Å². The number of hydrogen-bond donors (Lipinski definition) is 0. The van der Waals surface area contributed by atoms with Gasteiger partial charge in [-0.15, -0.1) is 11.3 Å². The van der Waals surface area contributed by atoms with Crippen molar-refractivity contribution in [3.05, 3.63) is 54.6 Å². The summed E-state index contributed by atoms with van der Waals surface area (Å²) < 4.78 is 34.6. The van der Waals surface area contributed by atoms with Crippen molar-refractivity contribution in [2.24, 2.45) is 0 Å². The summed E-state index contributed by atoms with van der Waals surface area (Å²) in [7, 11) is 8.04. The van der Waals surface area contributed by atoms with Crippen molar-refractivity contribution < 1.29 is 28.4 Å². The Kier molecular flexibility index (Phi) is 6.28. The van der Waals surface area contributed by atoms with Gasteiger partial charge in [0.05, 0.1) is 40.4 Å². The second-order valence-corrected chi connectivity index (χ2v) is 7.87. The van der Waals surface area contributed by atoms with Crippen LogP contribution in [0.2, 0.25) is 0 Å². The third-order valence-electron chi connectivity index (χ3n) is 5.06. The van der Waals surface area contributed by atoms with Crippen molar-refractivity contribution in [2.45, 2.75) is 0 Å². The van der Waals surface area contributed by atoms with Crippen molar-refractivity contribution in [3.63, 3.8) is 0 Å². The minimum Gasteiger partial charge on any atom is -0.497 e. The fourth-order valence-electron chi connectivity index (χ4n) is 3.45. The summed E-state index contributed by atoms with van der Waals surface area (Å²) in [6.45, 7) is 0. The van der Waals surface area contributed by atoms with E-state index in [1.807, 2.05) is 42.5 Å². The Bertz CT molecular complexity index is 1200. The fraction of sp³-hybridized carbons (Fsp3) is 0.200. The van der Waals surface area contributed by atoms with Gasteiger partial charge in [0.15, 0.2) is 17.2 Å². The van der Waals surface area contributed by atoms with E-state index < -0.39 is 0 Å². The maximum absolute atomic E-state index is 6.45. The average molecular weight is 453 g/mol. The van der Waals surface area contributed by atoms with Gasteiger partial charge in [-0.2, -0.15) is 0 Å². The molecule has 0 aliphatic heterocycles. The van der Waals surface area contributed by atoms with E-state index >= 15 is 0 Å². The van der Waals surface area contributed by atoms with E-state index in [0.717, 1.165) is 37.8 Å². The maximum Gasteiger partial charge on any atom is 0.203 e. The van der Waals surface area contributed by atoms with E-state index in [1.54, 1.807) is 59.0 Å². The molecule has 0 aliphatic carbocycles. The van der Waals surface area contributed by atoms with E-state index in [2.05, 4.69) is 0 Å². The number of rotatable bonds is 8. The number of hydrogen-bond acceptors (Lipinski definition) is 7. The van der Waals surface area contributed by atoms with Crippen LogP contribution in [-0.2, 0) is 0 Å². The van der Waals surface area contributed by atoms with Gasteiger partial charge in [0.25, 0.3) is 0 Å². The highest BCUT2D eigenvalue weighted by molar-refractivity contribution is 7.22. The molecule has 0 atom stereocenters. The molecule has 3 aromatic carbocycles. The molecule has 0 unspecified atom stereocenters. The molecule has 1 heterocycles. The SMILES string of the molecule is COc1ccc(-c2sc3cc(OC)ccc3c2Oc2cc(OC)c(OC)c(OC)c2)cc1. The van der Waals surface area contributed by atoms with E-state index in [0.29, 0.717) is 23.0 Å². The minimum atomic E-state index is 0.512. The molecule has 32 heavy (non-hydrogen) atoms. The predicted molar refractivity (Wildman–Crippen MR) is 127 cm³/mol. The summed E-state index contributed by atoms with van der Waals surface area (Å²) in [5, 5.41) is 0.982. The van der Waals surface area contributed by atoms with Crippen LogP contribution in [-0.4, -0.2) is 35.5 Å². The van der Waals surface area contributed by atoms with Crippen LogP contribution in [0, 0.1) is 0 Å². The third kappa shape index (κ3) is 3.99. The second-order valence-electron chi connectivity index (χ2n) is 6.81. The molecule has 0 amide bonds. The van der Waals surface area contributed by atoms with E-state index in [1.165, 1.54) is 0 Å². The number of thiophene rings is 1. The summed E-state index contributed by atoms with van der Waals surface area (Å²) in [6.07, 6.45) is 0. The number of methoxy groups -OCH3 is 5. The largest absolute Gasteiger partial charge is 0.497 e. The Labute approximate surface area is 190 Å². The number of ether oxygens (including phenoxy) is 6. The Morgan fingerprint density at radius 2 is 1.19 bits per heavy atom. The van der Waals surface area contributed by atoms with Crippen LogP contribution in [0.1, 0.15) is 0 Å². The summed E-state index contributed by atoms with van der Waals surface area (Å²) in [6, 6.07) is 17.4. The molecule has 0 aliphatic rings. The lowest BCUT2D eigenvalue weighted by Gasteiger charge is -2.15. The van der Waals surface area contributed by atoms with E-state index in [-0.39, 0.29) is 0 Å².